The molecule has 2 fully saturated rings. The van der Waals surface area contributed by atoms with Crippen molar-refractivity contribution in [1.29, 1.82) is 0 Å². The molecule has 2 saturated heterocycles. The van der Waals surface area contributed by atoms with Gasteiger partial charge in [0.2, 0.25) is 0 Å². The monoisotopic (exact) mass is 333 g/mol. The number of hydrogen-bond acceptors (Lipinski definition) is 3. The molecule has 5 heteroatoms. The Morgan fingerprint density at radius 2 is 2.12 bits per heavy atom. The zero-order valence-corrected chi connectivity index (χ0v) is 14.9. The van der Waals surface area contributed by atoms with E-state index in [1.807, 2.05) is 17.0 Å². The molecule has 2 aliphatic heterocycles. The van der Waals surface area contributed by atoms with Gasteiger partial charge in [0, 0.05) is 32.6 Å². The molecule has 1 aromatic rings. The Labute approximate surface area is 145 Å². The second-order valence-corrected chi connectivity index (χ2v) is 7.50. The van der Waals surface area contributed by atoms with Crippen molar-refractivity contribution in [3.63, 3.8) is 0 Å². The van der Waals surface area contributed by atoms with E-state index in [0.29, 0.717) is 12.5 Å². The highest BCUT2D eigenvalue weighted by Gasteiger charge is 2.26. The van der Waals surface area contributed by atoms with Gasteiger partial charge in [-0.25, -0.2) is 4.79 Å². The number of likely N-dealkylation sites (tertiary alicyclic amines) is 2. The van der Waals surface area contributed by atoms with Crippen LogP contribution in [0.1, 0.15) is 38.4 Å². The molecular formula is C19H31N3O2. The average molecular weight is 333 g/mol. The van der Waals surface area contributed by atoms with Crippen LogP contribution in [-0.4, -0.2) is 55.1 Å². The summed E-state index contributed by atoms with van der Waals surface area (Å²) < 4.78 is 5.30. The normalized spacial score (nSPS) is 23.4. The summed E-state index contributed by atoms with van der Waals surface area (Å²) in [4.78, 5) is 17.0. The van der Waals surface area contributed by atoms with Crippen molar-refractivity contribution >= 4 is 6.03 Å². The molecule has 0 aliphatic carbocycles. The lowest BCUT2D eigenvalue weighted by atomic mass is 9.94. The van der Waals surface area contributed by atoms with Crippen molar-refractivity contribution in [2.45, 2.75) is 39.0 Å². The van der Waals surface area contributed by atoms with Gasteiger partial charge in [0.15, 0.2) is 0 Å². The Kier molecular flexibility index (Phi) is 6.18. The second-order valence-electron chi connectivity index (χ2n) is 7.50. The van der Waals surface area contributed by atoms with Crippen LogP contribution < -0.4 is 5.32 Å². The van der Waals surface area contributed by atoms with Gasteiger partial charge in [-0.3, -0.25) is 0 Å². The van der Waals surface area contributed by atoms with Crippen LogP contribution in [0.25, 0.3) is 0 Å². The SMILES string of the molecule is CC1CCN(CC2CCCN(C(=O)NCCc3ccco3)C2)CC1. The highest BCUT2D eigenvalue weighted by molar-refractivity contribution is 5.74. The van der Waals surface area contributed by atoms with Crippen LogP contribution in [0.4, 0.5) is 4.79 Å². The van der Waals surface area contributed by atoms with E-state index < -0.39 is 0 Å². The van der Waals surface area contributed by atoms with Crippen molar-refractivity contribution < 1.29 is 9.21 Å². The zero-order valence-electron chi connectivity index (χ0n) is 14.9. The predicted molar refractivity (Wildman–Crippen MR) is 94.9 cm³/mol. The van der Waals surface area contributed by atoms with E-state index in [4.69, 9.17) is 4.42 Å². The molecule has 0 saturated carbocycles. The third-order valence-corrected chi connectivity index (χ3v) is 5.43. The molecule has 5 nitrogen and oxygen atoms in total. The number of nitrogens with zero attached hydrogens (tertiary/aromatic N) is 2. The number of rotatable bonds is 5. The van der Waals surface area contributed by atoms with Crippen molar-refractivity contribution in [2.24, 2.45) is 11.8 Å². The Morgan fingerprint density at radius 1 is 1.29 bits per heavy atom. The molecule has 2 aliphatic rings. The van der Waals surface area contributed by atoms with Gasteiger partial charge in [-0.05, 0) is 62.7 Å². The molecule has 2 amide bonds. The van der Waals surface area contributed by atoms with E-state index in [-0.39, 0.29) is 6.03 Å². The summed E-state index contributed by atoms with van der Waals surface area (Å²) in [5.41, 5.74) is 0. The summed E-state index contributed by atoms with van der Waals surface area (Å²) in [7, 11) is 0. The van der Waals surface area contributed by atoms with Crippen LogP contribution in [0, 0.1) is 11.8 Å². The zero-order chi connectivity index (χ0) is 16.8. The van der Waals surface area contributed by atoms with Crippen LogP contribution in [-0.2, 0) is 6.42 Å². The predicted octanol–water partition coefficient (Wildman–Crippen LogP) is 2.98. The van der Waals surface area contributed by atoms with E-state index in [1.165, 1.54) is 32.4 Å². The first-order valence-corrected chi connectivity index (χ1v) is 9.48. The number of amides is 2. The van der Waals surface area contributed by atoms with Gasteiger partial charge < -0.3 is 19.5 Å². The number of furan rings is 1. The highest BCUT2D eigenvalue weighted by Crippen LogP contribution is 2.21. The van der Waals surface area contributed by atoms with Gasteiger partial charge in [0.25, 0.3) is 0 Å². The molecule has 0 aromatic carbocycles. The fraction of sp³-hybridized carbons (Fsp3) is 0.737. The molecule has 1 N–H and O–H groups in total. The number of nitrogens with one attached hydrogen (secondary N) is 1. The molecule has 0 spiro atoms. The van der Waals surface area contributed by atoms with E-state index in [9.17, 15) is 4.79 Å². The largest absolute Gasteiger partial charge is 0.469 e. The van der Waals surface area contributed by atoms with E-state index >= 15 is 0 Å². The smallest absolute Gasteiger partial charge is 0.317 e. The highest BCUT2D eigenvalue weighted by atomic mass is 16.3. The lowest BCUT2D eigenvalue weighted by molar-refractivity contribution is 0.120. The summed E-state index contributed by atoms with van der Waals surface area (Å²) in [6.45, 7) is 8.39. The van der Waals surface area contributed by atoms with Crippen molar-refractivity contribution in [1.82, 2.24) is 15.1 Å². The Morgan fingerprint density at radius 3 is 2.88 bits per heavy atom. The number of urea groups is 1. The van der Waals surface area contributed by atoms with Crippen LogP contribution in [0.2, 0.25) is 0 Å². The molecule has 1 unspecified atom stereocenters. The summed E-state index contributed by atoms with van der Waals surface area (Å²) in [5.74, 6) is 2.43. The molecule has 3 rings (SSSR count). The lowest BCUT2D eigenvalue weighted by Crippen LogP contribution is -2.48. The van der Waals surface area contributed by atoms with Crippen LogP contribution in [0.15, 0.2) is 22.8 Å². The first-order valence-electron chi connectivity index (χ1n) is 9.48. The number of hydrogen-bond donors (Lipinski definition) is 1. The van der Waals surface area contributed by atoms with Gasteiger partial charge in [-0.1, -0.05) is 6.92 Å². The van der Waals surface area contributed by atoms with Gasteiger partial charge in [0.1, 0.15) is 5.76 Å². The molecule has 134 valence electrons. The maximum atomic E-state index is 12.4. The minimum Gasteiger partial charge on any atom is -0.469 e. The van der Waals surface area contributed by atoms with Gasteiger partial charge >= 0.3 is 6.03 Å². The van der Waals surface area contributed by atoms with Crippen LogP contribution in [0.3, 0.4) is 0 Å². The fourth-order valence-electron chi connectivity index (χ4n) is 3.87. The lowest BCUT2D eigenvalue weighted by Gasteiger charge is -2.37. The third-order valence-electron chi connectivity index (χ3n) is 5.43. The van der Waals surface area contributed by atoms with Crippen molar-refractivity contribution in [2.75, 3.05) is 39.3 Å². The first kappa shape index (κ1) is 17.3. The van der Waals surface area contributed by atoms with Crippen molar-refractivity contribution in [3.05, 3.63) is 24.2 Å². The standard InChI is InChI=1S/C19H31N3O2/c1-16-7-11-21(12-8-16)14-17-4-2-10-22(15-17)19(23)20-9-6-18-5-3-13-24-18/h3,5,13,16-17H,2,4,6-12,14-15H2,1H3,(H,20,23). The Hall–Kier alpha value is -1.49. The van der Waals surface area contributed by atoms with Gasteiger partial charge in [-0.15, -0.1) is 0 Å². The molecule has 0 bridgehead atoms. The minimum atomic E-state index is 0.0820. The molecule has 3 heterocycles. The average Bonchev–Trinajstić information content (AvgIpc) is 3.10. The van der Waals surface area contributed by atoms with E-state index in [1.54, 1.807) is 6.26 Å². The molecule has 0 radical (unpaired) electrons. The molecule has 1 atom stereocenters. The number of piperidine rings is 2. The number of carbonyl (C=O) groups is 1. The topological polar surface area (TPSA) is 48.7 Å². The summed E-state index contributed by atoms with van der Waals surface area (Å²) >= 11 is 0. The second kappa shape index (κ2) is 8.56. The van der Waals surface area contributed by atoms with Crippen LogP contribution >= 0.6 is 0 Å². The molecular weight excluding hydrogens is 302 g/mol. The van der Waals surface area contributed by atoms with E-state index in [0.717, 1.165) is 44.2 Å². The third kappa shape index (κ3) is 5.00. The summed E-state index contributed by atoms with van der Waals surface area (Å²) in [5, 5.41) is 3.03. The fourth-order valence-corrected chi connectivity index (χ4v) is 3.87. The molecule has 1 aromatic heterocycles. The summed E-state index contributed by atoms with van der Waals surface area (Å²) in [6, 6.07) is 3.91. The maximum Gasteiger partial charge on any atom is 0.317 e. The Balaban J connectivity index is 1.38. The van der Waals surface area contributed by atoms with Gasteiger partial charge in [0.05, 0.1) is 6.26 Å². The van der Waals surface area contributed by atoms with Crippen molar-refractivity contribution in [3.8, 4) is 0 Å². The minimum absolute atomic E-state index is 0.0820. The molecule has 24 heavy (non-hydrogen) atoms. The quantitative estimate of drug-likeness (QED) is 0.901. The van der Waals surface area contributed by atoms with Gasteiger partial charge in [-0.2, -0.15) is 0 Å². The maximum absolute atomic E-state index is 12.4. The Bertz CT molecular complexity index is 495. The van der Waals surface area contributed by atoms with E-state index in [2.05, 4.69) is 17.1 Å². The first-order chi connectivity index (χ1) is 11.7. The number of carbonyl (C=O) groups excluding carboxylic acids is 1. The summed E-state index contributed by atoms with van der Waals surface area (Å²) in [6.07, 6.45) is 7.45. The van der Waals surface area contributed by atoms with Crippen LogP contribution in [0.5, 0.6) is 0 Å².